The van der Waals surface area contributed by atoms with Crippen molar-refractivity contribution in [3.8, 4) is 0 Å². The average molecular weight is 522 g/mol. The molecule has 1 N–H and O–H groups in total. The molecule has 0 fully saturated rings. The van der Waals surface area contributed by atoms with Crippen LogP contribution in [-0.4, -0.2) is 44.8 Å². The molecule has 0 aliphatic carbocycles. The first kappa shape index (κ1) is 27.9. The van der Waals surface area contributed by atoms with Crippen LogP contribution in [0.4, 0.5) is 5.69 Å². The molecule has 37 heavy (non-hydrogen) atoms. The van der Waals surface area contributed by atoms with E-state index in [9.17, 15) is 18.0 Å². The highest BCUT2D eigenvalue weighted by Gasteiger charge is 2.34. The van der Waals surface area contributed by atoms with Crippen molar-refractivity contribution < 1.29 is 18.0 Å². The Kier molecular flexibility index (Phi) is 9.47. The number of sulfonamides is 1. The maximum Gasteiger partial charge on any atom is 0.264 e. The van der Waals surface area contributed by atoms with E-state index in [1.54, 1.807) is 30.3 Å². The van der Waals surface area contributed by atoms with E-state index in [0.29, 0.717) is 18.5 Å². The summed E-state index contributed by atoms with van der Waals surface area (Å²) in [6.45, 7) is 5.47. The van der Waals surface area contributed by atoms with Gasteiger partial charge in [-0.15, -0.1) is 0 Å². The quantitative estimate of drug-likeness (QED) is 0.408. The number of likely N-dealkylation sites (N-methyl/N-ethyl adjacent to an activating group) is 1. The molecule has 3 aromatic rings. The number of carbonyl (C=O) groups excluding carboxylic acids is 2. The minimum atomic E-state index is -4.07. The minimum absolute atomic E-state index is 0.0949. The second kappa shape index (κ2) is 12.5. The fraction of sp³-hybridized carbons (Fsp3) is 0.310. The number of benzene rings is 3. The highest BCUT2D eigenvalue weighted by molar-refractivity contribution is 7.92. The van der Waals surface area contributed by atoms with Crippen molar-refractivity contribution in [3.63, 3.8) is 0 Å². The zero-order valence-corrected chi connectivity index (χ0v) is 22.7. The molecular weight excluding hydrogens is 486 g/mol. The van der Waals surface area contributed by atoms with E-state index >= 15 is 0 Å². The van der Waals surface area contributed by atoms with Crippen LogP contribution >= 0.6 is 0 Å². The lowest BCUT2D eigenvalue weighted by molar-refractivity contribution is -0.140. The van der Waals surface area contributed by atoms with Crippen LogP contribution in [0.1, 0.15) is 37.0 Å². The van der Waals surface area contributed by atoms with Crippen LogP contribution < -0.4 is 9.62 Å². The van der Waals surface area contributed by atoms with Crippen molar-refractivity contribution in [1.82, 2.24) is 10.2 Å². The molecular formula is C29H35N3O4S. The van der Waals surface area contributed by atoms with Gasteiger partial charge < -0.3 is 10.2 Å². The van der Waals surface area contributed by atoms with Crippen LogP contribution in [0, 0.1) is 6.92 Å². The predicted molar refractivity (Wildman–Crippen MR) is 147 cm³/mol. The summed E-state index contributed by atoms with van der Waals surface area (Å²) in [6.07, 6.45) is 0.974. The Morgan fingerprint density at radius 3 is 2.05 bits per heavy atom. The van der Waals surface area contributed by atoms with Gasteiger partial charge >= 0.3 is 0 Å². The summed E-state index contributed by atoms with van der Waals surface area (Å²) >= 11 is 0. The number of aryl methyl sites for hydroxylation is 2. The third-order valence-electron chi connectivity index (χ3n) is 6.49. The average Bonchev–Trinajstić information content (AvgIpc) is 2.92. The molecule has 3 rings (SSSR count). The molecule has 0 heterocycles. The Labute approximate surface area is 220 Å². The van der Waals surface area contributed by atoms with Gasteiger partial charge in [0.15, 0.2) is 0 Å². The van der Waals surface area contributed by atoms with Gasteiger partial charge in [-0.25, -0.2) is 8.42 Å². The van der Waals surface area contributed by atoms with Crippen molar-refractivity contribution in [1.29, 1.82) is 0 Å². The maximum atomic E-state index is 14.0. The number of anilines is 1. The second-order valence-corrected chi connectivity index (χ2v) is 10.7. The number of hydrogen-bond donors (Lipinski definition) is 1. The highest BCUT2D eigenvalue weighted by atomic mass is 32.2. The molecule has 8 heteroatoms. The summed E-state index contributed by atoms with van der Waals surface area (Å²) in [5, 5.41) is 2.65. The van der Waals surface area contributed by atoms with Crippen molar-refractivity contribution in [2.45, 2.75) is 51.1 Å². The van der Waals surface area contributed by atoms with E-state index in [-0.39, 0.29) is 17.3 Å². The molecule has 0 bridgehead atoms. The lowest BCUT2D eigenvalue weighted by Gasteiger charge is -2.33. The SMILES string of the molecule is CCc1ccccc1N(CC(=O)N(Cc1ccccc1C)[C@H](CC)C(=O)NC)S(=O)(=O)c1ccccc1. The van der Waals surface area contributed by atoms with Crippen molar-refractivity contribution in [2.75, 3.05) is 17.9 Å². The fourth-order valence-corrected chi connectivity index (χ4v) is 5.82. The topological polar surface area (TPSA) is 86.8 Å². The number of para-hydroxylation sites is 1. The van der Waals surface area contributed by atoms with Crippen LogP contribution in [0.25, 0.3) is 0 Å². The monoisotopic (exact) mass is 521 g/mol. The first-order valence-electron chi connectivity index (χ1n) is 12.5. The fourth-order valence-electron chi connectivity index (χ4n) is 4.34. The first-order valence-corrected chi connectivity index (χ1v) is 13.9. The van der Waals surface area contributed by atoms with E-state index in [2.05, 4.69) is 5.32 Å². The number of amides is 2. The predicted octanol–water partition coefficient (Wildman–Crippen LogP) is 4.31. The Hall–Kier alpha value is -3.65. The van der Waals surface area contributed by atoms with Crippen LogP contribution in [0.15, 0.2) is 83.8 Å². The Morgan fingerprint density at radius 1 is 0.865 bits per heavy atom. The molecule has 7 nitrogen and oxygen atoms in total. The molecule has 196 valence electrons. The van der Waals surface area contributed by atoms with Gasteiger partial charge in [-0.2, -0.15) is 0 Å². The molecule has 0 saturated carbocycles. The van der Waals surface area contributed by atoms with Crippen molar-refractivity contribution >= 4 is 27.5 Å². The van der Waals surface area contributed by atoms with Crippen molar-refractivity contribution in [3.05, 3.63) is 95.6 Å². The summed E-state index contributed by atoms with van der Waals surface area (Å²) in [5.74, 6) is -0.750. The standard InChI is InChI=1S/C29H35N3O4S/c1-5-23-15-12-13-19-27(23)32(37(35,36)25-17-8-7-9-18-25)21-28(33)31(26(6-2)29(34)30-4)20-24-16-11-10-14-22(24)3/h7-19,26H,5-6,20-21H2,1-4H3,(H,30,34)/t26-/m1/s1. The molecule has 0 aromatic heterocycles. The minimum Gasteiger partial charge on any atom is -0.357 e. The smallest absolute Gasteiger partial charge is 0.264 e. The molecule has 0 unspecified atom stereocenters. The molecule has 3 aromatic carbocycles. The van der Waals surface area contributed by atoms with Crippen LogP contribution in [0.3, 0.4) is 0 Å². The van der Waals surface area contributed by atoms with Gasteiger partial charge in [-0.1, -0.05) is 74.5 Å². The van der Waals surface area contributed by atoms with Gasteiger partial charge in [-0.3, -0.25) is 13.9 Å². The molecule has 0 saturated heterocycles. The van der Waals surface area contributed by atoms with Gasteiger partial charge in [0.25, 0.3) is 10.0 Å². The lowest BCUT2D eigenvalue weighted by atomic mass is 10.1. The number of rotatable bonds is 11. The van der Waals surface area contributed by atoms with E-state index in [0.717, 1.165) is 16.7 Å². The summed E-state index contributed by atoms with van der Waals surface area (Å²) < 4.78 is 28.9. The number of nitrogens with zero attached hydrogens (tertiary/aromatic N) is 2. The number of carbonyl (C=O) groups is 2. The van der Waals surface area contributed by atoms with E-state index < -0.39 is 28.5 Å². The molecule has 0 spiro atoms. The molecule has 0 aliphatic heterocycles. The summed E-state index contributed by atoms with van der Waals surface area (Å²) in [7, 11) is -2.54. The third-order valence-corrected chi connectivity index (χ3v) is 8.26. The van der Waals surface area contributed by atoms with Crippen LogP contribution in [0.2, 0.25) is 0 Å². The molecule has 1 atom stereocenters. The zero-order valence-electron chi connectivity index (χ0n) is 21.8. The van der Waals surface area contributed by atoms with E-state index in [1.165, 1.54) is 28.4 Å². The van der Waals surface area contributed by atoms with Crippen molar-refractivity contribution in [2.24, 2.45) is 0 Å². The maximum absolute atomic E-state index is 14.0. The van der Waals surface area contributed by atoms with Crippen LogP contribution in [0.5, 0.6) is 0 Å². The van der Waals surface area contributed by atoms with Gasteiger partial charge in [0.05, 0.1) is 10.6 Å². The first-order chi connectivity index (χ1) is 17.7. The number of nitrogens with one attached hydrogen (secondary N) is 1. The molecule has 0 aliphatic rings. The summed E-state index contributed by atoms with van der Waals surface area (Å²) in [4.78, 5) is 28.4. The van der Waals surface area contributed by atoms with Gasteiger partial charge in [0, 0.05) is 13.6 Å². The van der Waals surface area contributed by atoms with Gasteiger partial charge in [0.1, 0.15) is 12.6 Å². The highest BCUT2D eigenvalue weighted by Crippen LogP contribution is 2.28. The van der Waals surface area contributed by atoms with Gasteiger partial charge in [0.2, 0.25) is 11.8 Å². The largest absolute Gasteiger partial charge is 0.357 e. The zero-order chi connectivity index (χ0) is 27.0. The number of hydrogen-bond acceptors (Lipinski definition) is 4. The second-order valence-electron chi connectivity index (χ2n) is 8.79. The third kappa shape index (κ3) is 6.38. The van der Waals surface area contributed by atoms with Gasteiger partial charge in [-0.05, 0) is 54.7 Å². The van der Waals surface area contributed by atoms with Crippen LogP contribution in [-0.2, 0) is 32.6 Å². The lowest BCUT2D eigenvalue weighted by Crippen LogP contribution is -2.52. The van der Waals surface area contributed by atoms with E-state index in [1.807, 2.05) is 57.2 Å². The molecule has 2 amide bonds. The molecule has 0 radical (unpaired) electrons. The normalized spacial score (nSPS) is 12.0. The summed E-state index contributed by atoms with van der Waals surface area (Å²) in [6, 6.07) is 22.2. The Morgan fingerprint density at radius 2 is 1.46 bits per heavy atom. The Balaban J connectivity index is 2.10. The summed E-state index contributed by atoms with van der Waals surface area (Å²) in [5.41, 5.74) is 3.13. The van der Waals surface area contributed by atoms with E-state index in [4.69, 9.17) is 0 Å². The Bertz CT molecular complexity index is 1330.